The second kappa shape index (κ2) is 4.01. The molecule has 72 valence electrons. The molecule has 14 heavy (non-hydrogen) atoms. The summed E-state index contributed by atoms with van der Waals surface area (Å²) in [6.45, 7) is 0. The molecule has 0 saturated carbocycles. The lowest BCUT2D eigenvalue weighted by atomic mass is 10.2. The molecule has 0 spiro atoms. The van der Waals surface area contributed by atoms with Crippen LogP contribution < -0.4 is 0 Å². The van der Waals surface area contributed by atoms with Gasteiger partial charge in [-0.15, -0.1) is 0 Å². The smallest absolute Gasteiger partial charge is 0.218 e. The largest absolute Gasteiger partial charge is 0.224 e. The van der Waals surface area contributed by atoms with Gasteiger partial charge in [0.05, 0.1) is 5.52 Å². The number of rotatable bonds is 1. The Hall–Kier alpha value is -0.380. The highest BCUT2D eigenvalue weighted by atomic mass is 79.9. The minimum Gasteiger partial charge on any atom is -0.218 e. The maximum atomic E-state index is 5.91. The molecule has 0 aliphatic carbocycles. The van der Waals surface area contributed by atoms with Crippen molar-refractivity contribution < 1.29 is 0 Å². The summed E-state index contributed by atoms with van der Waals surface area (Å²) in [5, 5.41) is 2.17. The Balaban J connectivity index is 2.75. The van der Waals surface area contributed by atoms with E-state index in [9.17, 15) is 0 Å². The Morgan fingerprint density at radius 1 is 1.21 bits per heavy atom. The third-order valence-corrected chi connectivity index (χ3v) is 2.95. The molecule has 5 heteroatoms. The van der Waals surface area contributed by atoms with Crippen LogP contribution in [0.25, 0.3) is 10.9 Å². The first kappa shape index (κ1) is 10.1. The van der Waals surface area contributed by atoms with Gasteiger partial charge in [-0.25, -0.2) is 9.97 Å². The van der Waals surface area contributed by atoms with Crippen LogP contribution in [-0.2, 0) is 5.33 Å². The van der Waals surface area contributed by atoms with Crippen molar-refractivity contribution in [3.05, 3.63) is 34.2 Å². The number of nitrogens with zero attached hydrogens (tertiary/aromatic N) is 2. The van der Waals surface area contributed by atoms with Crippen molar-refractivity contribution in [3.63, 3.8) is 0 Å². The van der Waals surface area contributed by atoms with Crippen LogP contribution in [-0.4, -0.2) is 9.97 Å². The van der Waals surface area contributed by atoms with Crippen molar-refractivity contribution >= 4 is 50.0 Å². The first-order chi connectivity index (χ1) is 6.70. The van der Waals surface area contributed by atoms with Crippen LogP contribution in [0.4, 0.5) is 0 Å². The molecule has 0 aliphatic heterocycles. The zero-order chi connectivity index (χ0) is 10.1. The number of alkyl halides is 1. The maximum Gasteiger partial charge on any atom is 0.224 e. The summed E-state index contributed by atoms with van der Waals surface area (Å²) in [5.74, 6) is 0. The van der Waals surface area contributed by atoms with Gasteiger partial charge in [-0.3, -0.25) is 0 Å². The zero-order valence-corrected chi connectivity index (χ0v) is 10.1. The van der Waals surface area contributed by atoms with E-state index >= 15 is 0 Å². The van der Waals surface area contributed by atoms with E-state index < -0.39 is 0 Å². The number of hydrogen-bond donors (Lipinski definition) is 0. The highest BCUT2D eigenvalue weighted by molar-refractivity contribution is 9.08. The van der Waals surface area contributed by atoms with E-state index in [2.05, 4.69) is 25.9 Å². The minimum atomic E-state index is 0.175. The zero-order valence-electron chi connectivity index (χ0n) is 6.97. The van der Waals surface area contributed by atoms with Crippen molar-refractivity contribution in [2.75, 3.05) is 0 Å². The summed E-state index contributed by atoms with van der Waals surface area (Å²) in [6, 6.07) is 5.80. The molecule has 0 atom stereocenters. The quantitative estimate of drug-likeness (QED) is 0.453. The van der Waals surface area contributed by atoms with Gasteiger partial charge in [-0.1, -0.05) is 33.6 Å². The normalized spacial score (nSPS) is 10.8. The molecular weight excluding hydrogens is 287 g/mol. The molecule has 1 aromatic carbocycles. The van der Waals surface area contributed by atoms with Crippen molar-refractivity contribution in [1.82, 2.24) is 9.97 Å². The lowest BCUT2D eigenvalue weighted by molar-refractivity contribution is 1.22. The summed E-state index contributed by atoms with van der Waals surface area (Å²) in [5.41, 5.74) is 1.90. The van der Waals surface area contributed by atoms with Gasteiger partial charge in [-0.05, 0) is 29.3 Å². The number of aromatic nitrogens is 2. The Bertz CT molecular complexity index is 487. The third-order valence-electron chi connectivity index (χ3n) is 1.84. The van der Waals surface area contributed by atoms with Gasteiger partial charge in [-0.2, -0.15) is 0 Å². The Morgan fingerprint density at radius 3 is 2.71 bits per heavy atom. The fourth-order valence-corrected chi connectivity index (χ4v) is 2.00. The van der Waals surface area contributed by atoms with Crippen LogP contribution >= 0.6 is 39.1 Å². The molecular formula is C9H5BrCl2N2. The SMILES string of the molecule is Clc1nc(Cl)c2ccc(CBr)cc2n1. The first-order valence-corrected chi connectivity index (χ1v) is 5.76. The summed E-state index contributed by atoms with van der Waals surface area (Å²) in [6.07, 6.45) is 0. The summed E-state index contributed by atoms with van der Waals surface area (Å²) >= 11 is 15.0. The van der Waals surface area contributed by atoms with Gasteiger partial charge in [0.2, 0.25) is 5.28 Å². The molecule has 1 heterocycles. The van der Waals surface area contributed by atoms with Crippen LogP contribution in [0.2, 0.25) is 10.4 Å². The summed E-state index contributed by atoms with van der Waals surface area (Å²) < 4.78 is 0. The van der Waals surface area contributed by atoms with Gasteiger partial charge in [0.15, 0.2) is 0 Å². The van der Waals surface area contributed by atoms with E-state index in [1.165, 1.54) is 0 Å². The lowest BCUT2D eigenvalue weighted by Crippen LogP contribution is -1.88. The van der Waals surface area contributed by atoms with E-state index in [0.717, 1.165) is 21.8 Å². The predicted molar refractivity (Wildman–Crippen MR) is 62.2 cm³/mol. The maximum absolute atomic E-state index is 5.91. The van der Waals surface area contributed by atoms with Crippen molar-refractivity contribution in [1.29, 1.82) is 0 Å². The van der Waals surface area contributed by atoms with Gasteiger partial charge < -0.3 is 0 Å². The standard InChI is InChI=1S/C9H5BrCl2N2/c10-4-5-1-2-6-7(3-5)13-9(12)14-8(6)11/h1-3H,4H2. The topological polar surface area (TPSA) is 25.8 Å². The average molecular weight is 292 g/mol. The van der Waals surface area contributed by atoms with Crippen molar-refractivity contribution in [2.24, 2.45) is 0 Å². The van der Waals surface area contributed by atoms with E-state index in [4.69, 9.17) is 23.2 Å². The second-order valence-corrected chi connectivity index (χ2v) is 4.03. The number of fused-ring (bicyclic) bond motifs is 1. The van der Waals surface area contributed by atoms with Gasteiger partial charge >= 0.3 is 0 Å². The van der Waals surface area contributed by atoms with Gasteiger partial charge in [0, 0.05) is 10.7 Å². The molecule has 2 nitrogen and oxygen atoms in total. The third kappa shape index (κ3) is 1.85. The van der Waals surface area contributed by atoms with Crippen LogP contribution in [0, 0.1) is 0 Å². The molecule has 2 rings (SSSR count). The second-order valence-electron chi connectivity index (χ2n) is 2.77. The number of hydrogen-bond acceptors (Lipinski definition) is 2. The predicted octanol–water partition coefficient (Wildman–Crippen LogP) is 3.83. The monoisotopic (exact) mass is 290 g/mol. The molecule has 0 fully saturated rings. The fraction of sp³-hybridized carbons (Fsp3) is 0.111. The van der Waals surface area contributed by atoms with E-state index in [-0.39, 0.29) is 5.28 Å². The van der Waals surface area contributed by atoms with Crippen LogP contribution in [0.15, 0.2) is 18.2 Å². The fourth-order valence-electron chi connectivity index (χ4n) is 1.19. The molecule has 0 N–H and O–H groups in total. The first-order valence-electron chi connectivity index (χ1n) is 3.88. The molecule has 2 aromatic rings. The number of halogens is 3. The van der Waals surface area contributed by atoms with Gasteiger partial charge in [0.25, 0.3) is 0 Å². The van der Waals surface area contributed by atoms with Crippen LogP contribution in [0.3, 0.4) is 0 Å². The molecule has 0 unspecified atom stereocenters. The molecule has 1 aromatic heterocycles. The molecule has 0 aliphatic rings. The Labute approximate surface area is 99.4 Å². The van der Waals surface area contributed by atoms with E-state index in [1.807, 2.05) is 18.2 Å². The molecule has 0 bridgehead atoms. The van der Waals surface area contributed by atoms with Crippen LogP contribution in [0.1, 0.15) is 5.56 Å². The summed E-state index contributed by atoms with van der Waals surface area (Å²) in [4.78, 5) is 7.96. The molecule has 0 radical (unpaired) electrons. The average Bonchev–Trinajstić information content (AvgIpc) is 2.16. The van der Waals surface area contributed by atoms with Gasteiger partial charge in [0.1, 0.15) is 5.15 Å². The lowest BCUT2D eigenvalue weighted by Gasteiger charge is -2.01. The Kier molecular flexibility index (Phi) is 2.91. The van der Waals surface area contributed by atoms with Crippen molar-refractivity contribution in [3.8, 4) is 0 Å². The van der Waals surface area contributed by atoms with Crippen molar-refractivity contribution in [2.45, 2.75) is 5.33 Å². The highest BCUT2D eigenvalue weighted by Gasteiger charge is 2.04. The van der Waals surface area contributed by atoms with E-state index in [1.54, 1.807) is 0 Å². The Morgan fingerprint density at radius 2 is 2.00 bits per heavy atom. The molecule has 0 amide bonds. The molecule has 0 saturated heterocycles. The highest BCUT2D eigenvalue weighted by Crippen LogP contribution is 2.23. The van der Waals surface area contributed by atoms with E-state index in [0.29, 0.717) is 5.15 Å². The van der Waals surface area contributed by atoms with Crippen LogP contribution in [0.5, 0.6) is 0 Å². The summed E-state index contributed by atoms with van der Waals surface area (Å²) in [7, 11) is 0. The minimum absolute atomic E-state index is 0.175. The number of benzene rings is 1.